The number of ether oxygens (including phenoxy) is 1. The Labute approximate surface area is 125 Å². The molecule has 1 aromatic heterocycles. The van der Waals surface area contributed by atoms with Gasteiger partial charge in [0.1, 0.15) is 5.75 Å². The van der Waals surface area contributed by atoms with Crippen molar-refractivity contribution in [2.75, 3.05) is 0 Å². The fraction of sp³-hybridized carbons (Fsp3) is 0.353. The topological polar surface area (TPSA) is 52.1 Å². The van der Waals surface area contributed by atoms with E-state index >= 15 is 0 Å². The van der Waals surface area contributed by atoms with E-state index in [4.69, 9.17) is 4.74 Å². The number of rotatable bonds is 2. The standard InChI is InChI=1S/C17H20N2O2/c1-11-8-13(17(3,4)5)6-7-15(11)21-16(20)14-10-18-12(2)9-19-14/h6-10H,1-5H3. The zero-order valence-corrected chi connectivity index (χ0v) is 13.1. The number of hydrogen-bond acceptors (Lipinski definition) is 4. The van der Waals surface area contributed by atoms with Gasteiger partial charge in [0.15, 0.2) is 5.69 Å². The maximum Gasteiger partial charge on any atom is 0.363 e. The summed E-state index contributed by atoms with van der Waals surface area (Å²) in [7, 11) is 0. The summed E-state index contributed by atoms with van der Waals surface area (Å²) in [6.07, 6.45) is 2.97. The molecule has 1 heterocycles. The van der Waals surface area contributed by atoms with Gasteiger partial charge >= 0.3 is 5.97 Å². The number of carbonyl (C=O) groups excluding carboxylic acids is 1. The summed E-state index contributed by atoms with van der Waals surface area (Å²) in [4.78, 5) is 20.1. The first-order chi connectivity index (χ1) is 9.77. The number of aromatic nitrogens is 2. The maximum absolute atomic E-state index is 12.0. The highest BCUT2D eigenvalue weighted by atomic mass is 16.5. The fourth-order valence-electron chi connectivity index (χ4n) is 1.88. The lowest BCUT2D eigenvalue weighted by molar-refractivity contribution is 0.0727. The van der Waals surface area contributed by atoms with E-state index in [1.165, 1.54) is 11.8 Å². The Bertz CT molecular complexity index is 655. The van der Waals surface area contributed by atoms with E-state index in [9.17, 15) is 4.79 Å². The van der Waals surface area contributed by atoms with Crippen molar-refractivity contribution in [1.29, 1.82) is 0 Å². The molecular formula is C17H20N2O2. The van der Waals surface area contributed by atoms with Crippen LogP contribution in [0.4, 0.5) is 0 Å². The average Bonchev–Trinajstić information content (AvgIpc) is 2.40. The number of aryl methyl sites for hydroxylation is 2. The van der Waals surface area contributed by atoms with Gasteiger partial charge in [0.2, 0.25) is 0 Å². The predicted molar refractivity (Wildman–Crippen MR) is 81.6 cm³/mol. The van der Waals surface area contributed by atoms with E-state index in [1.807, 2.05) is 32.0 Å². The minimum Gasteiger partial charge on any atom is -0.421 e. The van der Waals surface area contributed by atoms with Gasteiger partial charge in [0.25, 0.3) is 0 Å². The molecule has 4 nitrogen and oxygen atoms in total. The summed E-state index contributed by atoms with van der Waals surface area (Å²) in [6.45, 7) is 10.2. The largest absolute Gasteiger partial charge is 0.421 e. The van der Waals surface area contributed by atoms with Crippen molar-refractivity contribution in [2.45, 2.75) is 40.0 Å². The first-order valence-corrected chi connectivity index (χ1v) is 6.89. The molecule has 0 saturated heterocycles. The normalized spacial score (nSPS) is 11.3. The van der Waals surface area contributed by atoms with Crippen molar-refractivity contribution in [1.82, 2.24) is 9.97 Å². The first-order valence-electron chi connectivity index (χ1n) is 6.89. The van der Waals surface area contributed by atoms with Crippen LogP contribution in [0.15, 0.2) is 30.6 Å². The molecule has 0 saturated carbocycles. The molecule has 0 fully saturated rings. The molecule has 0 radical (unpaired) electrons. The SMILES string of the molecule is Cc1cnc(C(=O)Oc2ccc(C(C)(C)C)cc2C)cn1. The third-order valence-electron chi connectivity index (χ3n) is 3.23. The highest BCUT2D eigenvalue weighted by Gasteiger charge is 2.17. The Kier molecular flexibility index (Phi) is 4.07. The van der Waals surface area contributed by atoms with E-state index < -0.39 is 5.97 Å². The second-order valence-corrected chi connectivity index (χ2v) is 6.16. The quantitative estimate of drug-likeness (QED) is 0.624. The number of nitrogens with zero attached hydrogens (tertiary/aromatic N) is 2. The van der Waals surface area contributed by atoms with Crippen molar-refractivity contribution in [3.63, 3.8) is 0 Å². The highest BCUT2D eigenvalue weighted by Crippen LogP contribution is 2.27. The van der Waals surface area contributed by atoms with Gasteiger partial charge in [-0.25, -0.2) is 9.78 Å². The summed E-state index contributed by atoms with van der Waals surface area (Å²) < 4.78 is 5.40. The third-order valence-corrected chi connectivity index (χ3v) is 3.23. The Morgan fingerprint density at radius 2 is 1.81 bits per heavy atom. The Balaban J connectivity index is 2.20. The molecule has 0 bridgehead atoms. The molecule has 21 heavy (non-hydrogen) atoms. The molecule has 1 aromatic carbocycles. The second kappa shape index (κ2) is 5.64. The van der Waals surface area contributed by atoms with E-state index in [0.717, 1.165) is 11.3 Å². The Morgan fingerprint density at radius 3 is 2.33 bits per heavy atom. The van der Waals surface area contributed by atoms with Gasteiger partial charge in [0.05, 0.1) is 11.9 Å². The second-order valence-electron chi connectivity index (χ2n) is 6.16. The number of benzene rings is 1. The molecule has 110 valence electrons. The van der Waals surface area contributed by atoms with E-state index in [2.05, 4.69) is 30.7 Å². The van der Waals surface area contributed by atoms with Crippen molar-refractivity contribution in [2.24, 2.45) is 0 Å². The molecule has 0 N–H and O–H groups in total. The van der Waals surface area contributed by atoms with E-state index in [0.29, 0.717) is 5.75 Å². The maximum atomic E-state index is 12.0. The molecule has 0 atom stereocenters. The lowest BCUT2D eigenvalue weighted by Crippen LogP contribution is -2.14. The van der Waals surface area contributed by atoms with Crippen LogP contribution in [0.1, 0.15) is 48.1 Å². The van der Waals surface area contributed by atoms with Crippen LogP contribution >= 0.6 is 0 Å². The number of esters is 1. The summed E-state index contributed by atoms with van der Waals surface area (Å²) in [5.41, 5.74) is 3.17. The van der Waals surface area contributed by atoms with Crippen LogP contribution in [0.5, 0.6) is 5.75 Å². The summed E-state index contributed by atoms with van der Waals surface area (Å²) in [5, 5.41) is 0. The van der Waals surface area contributed by atoms with Crippen LogP contribution in [-0.2, 0) is 5.41 Å². The summed E-state index contributed by atoms with van der Waals surface area (Å²) >= 11 is 0. The van der Waals surface area contributed by atoms with Gasteiger partial charge in [-0.05, 0) is 36.5 Å². The molecule has 0 aliphatic carbocycles. The third kappa shape index (κ3) is 3.66. The first kappa shape index (κ1) is 15.2. The Hall–Kier alpha value is -2.23. The van der Waals surface area contributed by atoms with Gasteiger partial charge in [-0.2, -0.15) is 0 Å². The predicted octanol–water partition coefficient (Wildman–Crippen LogP) is 3.61. The molecule has 0 aliphatic heterocycles. The molecule has 2 rings (SSSR count). The Morgan fingerprint density at radius 1 is 1.10 bits per heavy atom. The van der Waals surface area contributed by atoms with Crippen molar-refractivity contribution in [3.8, 4) is 5.75 Å². The van der Waals surface area contributed by atoms with Crippen LogP contribution in [0.25, 0.3) is 0 Å². The van der Waals surface area contributed by atoms with Crippen LogP contribution in [0.3, 0.4) is 0 Å². The van der Waals surface area contributed by atoms with Crippen LogP contribution < -0.4 is 4.74 Å². The van der Waals surface area contributed by atoms with Crippen molar-refractivity contribution in [3.05, 3.63) is 53.1 Å². The average molecular weight is 284 g/mol. The van der Waals surface area contributed by atoms with Crippen LogP contribution in [0, 0.1) is 13.8 Å². The molecule has 4 heteroatoms. The minimum atomic E-state index is -0.492. The van der Waals surface area contributed by atoms with Gasteiger partial charge in [-0.3, -0.25) is 4.98 Å². The van der Waals surface area contributed by atoms with Gasteiger partial charge < -0.3 is 4.74 Å². The van der Waals surface area contributed by atoms with Crippen LogP contribution in [-0.4, -0.2) is 15.9 Å². The number of hydrogen-bond donors (Lipinski definition) is 0. The van der Waals surface area contributed by atoms with Crippen molar-refractivity contribution >= 4 is 5.97 Å². The molecule has 0 spiro atoms. The van der Waals surface area contributed by atoms with Gasteiger partial charge in [-0.15, -0.1) is 0 Å². The van der Waals surface area contributed by atoms with E-state index in [1.54, 1.807) is 6.20 Å². The monoisotopic (exact) mass is 284 g/mol. The van der Waals surface area contributed by atoms with Gasteiger partial charge in [-0.1, -0.05) is 32.9 Å². The summed E-state index contributed by atoms with van der Waals surface area (Å²) in [6, 6.07) is 5.86. The smallest absolute Gasteiger partial charge is 0.363 e. The molecule has 0 unspecified atom stereocenters. The number of carbonyl (C=O) groups is 1. The lowest BCUT2D eigenvalue weighted by atomic mass is 9.86. The lowest BCUT2D eigenvalue weighted by Gasteiger charge is -2.20. The molecule has 0 amide bonds. The van der Waals surface area contributed by atoms with E-state index in [-0.39, 0.29) is 11.1 Å². The fourth-order valence-corrected chi connectivity index (χ4v) is 1.88. The summed E-state index contributed by atoms with van der Waals surface area (Å²) in [5.74, 6) is 0.0597. The van der Waals surface area contributed by atoms with Crippen LogP contribution in [0.2, 0.25) is 0 Å². The molecule has 0 aliphatic rings. The zero-order chi connectivity index (χ0) is 15.6. The molecular weight excluding hydrogens is 264 g/mol. The van der Waals surface area contributed by atoms with Crippen molar-refractivity contribution < 1.29 is 9.53 Å². The van der Waals surface area contributed by atoms with Gasteiger partial charge in [0, 0.05) is 6.20 Å². The minimum absolute atomic E-state index is 0.0652. The zero-order valence-electron chi connectivity index (χ0n) is 13.1. The highest BCUT2D eigenvalue weighted by molar-refractivity contribution is 5.88. The molecule has 2 aromatic rings.